The quantitative estimate of drug-likeness (QED) is 0.147. The first kappa shape index (κ1) is 32.8. The van der Waals surface area contributed by atoms with Crippen molar-refractivity contribution in [3.63, 3.8) is 0 Å². The first-order valence-electron chi connectivity index (χ1n) is 17.9. The molecule has 0 atom stereocenters. The smallest absolute Gasteiger partial charge is 0.138 e. The maximum atomic E-state index is 6.75. The van der Waals surface area contributed by atoms with E-state index < -0.39 is 16.1 Å². The molecule has 252 valence electrons. The number of hydrogen-bond donors (Lipinski definition) is 0. The first-order valence-corrected chi connectivity index (χ1v) is 24.9. The summed E-state index contributed by atoms with van der Waals surface area (Å²) in [4.78, 5) is 4.72. The first-order chi connectivity index (χ1) is 24.6. The minimum atomic E-state index is -1.45. The Bertz CT molecular complexity index is 2480. The van der Waals surface area contributed by atoms with Crippen LogP contribution in [0.1, 0.15) is 0 Å². The Kier molecular flexibility index (Phi) is 8.21. The minimum absolute atomic E-state index is 0.876. The molecule has 7 aromatic carbocycles. The Labute approximate surface area is 303 Å². The molecule has 0 fully saturated rings. The van der Waals surface area contributed by atoms with Crippen LogP contribution in [0.25, 0.3) is 32.7 Å². The van der Waals surface area contributed by atoms with E-state index in [1.54, 1.807) is 0 Å². The van der Waals surface area contributed by atoms with Gasteiger partial charge in [0.05, 0.1) is 21.8 Å². The monoisotopic (exact) mass is 696 g/mol. The normalized spacial score (nSPS) is 12.1. The fraction of sp³-hybridized carbons (Fsp3) is 0.130. The number of benzene rings is 7. The maximum Gasteiger partial charge on any atom is 0.138 e. The molecule has 51 heavy (non-hydrogen) atoms. The number of para-hydroxylation sites is 2. The van der Waals surface area contributed by atoms with Gasteiger partial charge in [0.2, 0.25) is 0 Å². The summed E-state index contributed by atoms with van der Waals surface area (Å²) in [6, 6.07) is 57.3. The molecule has 0 bridgehead atoms. The van der Waals surface area contributed by atoms with Gasteiger partial charge in [0.15, 0.2) is 0 Å². The highest BCUT2D eigenvalue weighted by atomic mass is 28.3. The fourth-order valence-corrected chi connectivity index (χ4v) is 9.52. The number of furan rings is 1. The molecule has 0 amide bonds. The zero-order valence-electron chi connectivity index (χ0n) is 30.3. The van der Waals surface area contributed by atoms with Crippen LogP contribution in [0.4, 0.5) is 34.1 Å². The van der Waals surface area contributed by atoms with Gasteiger partial charge in [-0.2, -0.15) is 0 Å². The van der Waals surface area contributed by atoms with Gasteiger partial charge in [0.1, 0.15) is 11.2 Å². The van der Waals surface area contributed by atoms with Crippen molar-refractivity contribution in [2.75, 3.05) is 9.80 Å². The molecule has 0 N–H and O–H groups in total. The summed E-state index contributed by atoms with van der Waals surface area (Å²) in [6.45, 7) is 14.4. The van der Waals surface area contributed by atoms with Gasteiger partial charge in [-0.25, -0.2) is 0 Å². The molecule has 0 saturated carbocycles. The largest absolute Gasteiger partial charge is 0.456 e. The van der Waals surface area contributed by atoms with Gasteiger partial charge in [-0.05, 0) is 72.1 Å². The molecule has 3 nitrogen and oxygen atoms in total. The highest BCUT2D eigenvalue weighted by molar-refractivity contribution is 6.89. The topological polar surface area (TPSA) is 19.6 Å². The predicted octanol–water partition coefficient (Wildman–Crippen LogP) is 12.8. The fourth-order valence-electron chi connectivity index (χ4n) is 7.18. The Balaban J connectivity index is 1.33. The third-order valence-corrected chi connectivity index (χ3v) is 14.1. The van der Waals surface area contributed by atoms with Gasteiger partial charge < -0.3 is 14.2 Å². The number of anilines is 6. The standard InChI is InChI=1S/C46H44N2OSi2/c1-50(2,3)38-26-21-35(22-27-38)47(33-15-9-7-10-16-33)37-25-30-44-42(31-37)46-41-20-14-13-19-40(41)43(32-45(46)49-44)48(34-17-11-8-12-18-34)36-23-28-39(29-24-36)51(4,5)6/h7-32H,1-6H3. The molecule has 0 radical (unpaired) electrons. The number of fused-ring (bicyclic) bond motifs is 5. The Morgan fingerprint density at radius 1 is 0.373 bits per heavy atom. The molecule has 1 heterocycles. The lowest BCUT2D eigenvalue weighted by molar-refractivity contribution is 0.669. The van der Waals surface area contributed by atoms with Crippen molar-refractivity contribution in [1.82, 2.24) is 0 Å². The number of nitrogens with zero attached hydrogens (tertiary/aromatic N) is 2. The van der Waals surface area contributed by atoms with Crippen LogP contribution in [0.5, 0.6) is 0 Å². The van der Waals surface area contributed by atoms with Crippen molar-refractivity contribution in [1.29, 1.82) is 0 Å². The lowest BCUT2D eigenvalue weighted by Gasteiger charge is -2.28. The van der Waals surface area contributed by atoms with Gasteiger partial charge in [-0.1, -0.05) is 135 Å². The van der Waals surface area contributed by atoms with E-state index in [1.807, 2.05) is 0 Å². The van der Waals surface area contributed by atoms with E-state index in [0.29, 0.717) is 0 Å². The molecular weight excluding hydrogens is 653 g/mol. The second kappa shape index (κ2) is 12.8. The molecule has 0 aliphatic rings. The van der Waals surface area contributed by atoms with Crippen molar-refractivity contribution in [3.05, 3.63) is 158 Å². The minimum Gasteiger partial charge on any atom is -0.456 e. The number of hydrogen-bond acceptors (Lipinski definition) is 3. The molecule has 5 heteroatoms. The molecule has 1 aromatic heterocycles. The Hall–Kier alpha value is -5.37. The van der Waals surface area contributed by atoms with Crippen molar-refractivity contribution in [3.8, 4) is 0 Å². The van der Waals surface area contributed by atoms with E-state index in [9.17, 15) is 0 Å². The third kappa shape index (κ3) is 6.17. The summed E-state index contributed by atoms with van der Waals surface area (Å²) < 4.78 is 6.75. The van der Waals surface area contributed by atoms with Crippen LogP contribution in [0.3, 0.4) is 0 Å². The molecule has 0 saturated heterocycles. The molecule has 0 aliphatic heterocycles. The van der Waals surface area contributed by atoms with Crippen molar-refractivity contribution < 1.29 is 4.42 Å². The maximum absolute atomic E-state index is 6.75. The highest BCUT2D eigenvalue weighted by Gasteiger charge is 2.23. The van der Waals surface area contributed by atoms with Crippen LogP contribution < -0.4 is 20.2 Å². The van der Waals surface area contributed by atoms with E-state index in [2.05, 4.69) is 207 Å². The van der Waals surface area contributed by atoms with Crippen LogP contribution in [0, 0.1) is 0 Å². The molecular formula is C46H44N2OSi2. The second-order valence-electron chi connectivity index (χ2n) is 15.5. The van der Waals surface area contributed by atoms with Gasteiger partial charge in [0, 0.05) is 50.7 Å². The van der Waals surface area contributed by atoms with Crippen LogP contribution in [0.2, 0.25) is 39.3 Å². The molecule has 8 aromatic rings. The summed E-state index contributed by atoms with van der Waals surface area (Å²) in [6.07, 6.45) is 0. The zero-order chi connectivity index (χ0) is 35.3. The average molecular weight is 697 g/mol. The van der Waals surface area contributed by atoms with E-state index in [4.69, 9.17) is 4.42 Å². The van der Waals surface area contributed by atoms with Gasteiger partial charge in [-0.15, -0.1) is 0 Å². The van der Waals surface area contributed by atoms with Crippen molar-refractivity contribution in [2.24, 2.45) is 0 Å². The van der Waals surface area contributed by atoms with Gasteiger partial charge in [-0.3, -0.25) is 0 Å². The van der Waals surface area contributed by atoms with Crippen LogP contribution in [0.15, 0.2) is 162 Å². The predicted molar refractivity (Wildman–Crippen MR) is 227 cm³/mol. The zero-order valence-corrected chi connectivity index (χ0v) is 32.3. The second-order valence-corrected chi connectivity index (χ2v) is 25.7. The SMILES string of the molecule is C[Si](C)(C)c1ccc(N(c2ccccc2)c2ccc3oc4cc(N(c5ccccc5)c5ccc([Si](C)(C)C)cc5)c5ccccc5c4c3c2)cc1. The Morgan fingerprint density at radius 3 is 1.37 bits per heavy atom. The lowest BCUT2D eigenvalue weighted by Crippen LogP contribution is -2.37. The highest BCUT2D eigenvalue weighted by Crippen LogP contribution is 2.46. The van der Waals surface area contributed by atoms with Gasteiger partial charge >= 0.3 is 0 Å². The molecule has 0 aliphatic carbocycles. The third-order valence-electron chi connectivity index (χ3n) is 9.95. The molecule has 8 rings (SSSR count). The summed E-state index contributed by atoms with van der Waals surface area (Å²) >= 11 is 0. The van der Waals surface area contributed by atoms with Gasteiger partial charge in [0.25, 0.3) is 0 Å². The van der Waals surface area contributed by atoms with E-state index >= 15 is 0 Å². The van der Waals surface area contributed by atoms with Crippen LogP contribution >= 0.6 is 0 Å². The van der Waals surface area contributed by atoms with Crippen LogP contribution in [-0.2, 0) is 0 Å². The number of rotatable bonds is 8. The lowest BCUT2D eigenvalue weighted by atomic mass is 10.0. The molecule has 0 unspecified atom stereocenters. The summed E-state index contributed by atoms with van der Waals surface area (Å²) in [5, 5.41) is 7.49. The average Bonchev–Trinajstić information content (AvgIpc) is 3.50. The Morgan fingerprint density at radius 2 is 0.824 bits per heavy atom. The van der Waals surface area contributed by atoms with Crippen LogP contribution in [-0.4, -0.2) is 16.1 Å². The van der Waals surface area contributed by atoms with E-state index in [-0.39, 0.29) is 0 Å². The summed E-state index contributed by atoms with van der Waals surface area (Å²) in [5.74, 6) is 0. The van der Waals surface area contributed by atoms with E-state index in [0.717, 1.165) is 56.1 Å². The summed E-state index contributed by atoms with van der Waals surface area (Å²) in [7, 11) is -2.88. The molecule has 0 spiro atoms. The van der Waals surface area contributed by atoms with Crippen molar-refractivity contribution >= 4 is 93.4 Å². The van der Waals surface area contributed by atoms with Crippen molar-refractivity contribution in [2.45, 2.75) is 39.3 Å². The van der Waals surface area contributed by atoms with E-state index in [1.165, 1.54) is 21.1 Å². The summed E-state index contributed by atoms with van der Waals surface area (Å²) in [5.41, 5.74) is 8.45.